The molecule has 0 atom stereocenters. The third-order valence-electron chi connectivity index (χ3n) is 4.59. The maximum atomic E-state index is 12.5. The first-order valence-electron chi connectivity index (χ1n) is 9.28. The van der Waals surface area contributed by atoms with E-state index in [1.54, 1.807) is 23.0 Å². The predicted molar refractivity (Wildman–Crippen MR) is 112 cm³/mol. The van der Waals surface area contributed by atoms with Crippen molar-refractivity contribution in [3.8, 4) is 16.9 Å². The summed E-state index contributed by atoms with van der Waals surface area (Å²) < 4.78 is 1.74. The number of amides is 1. The molecule has 6 nitrogen and oxygen atoms in total. The molecule has 6 heteroatoms. The summed E-state index contributed by atoms with van der Waals surface area (Å²) in [6, 6.07) is 20.8. The number of hydrogen-bond donors (Lipinski definition) is 2. The van der Waals surface area contributed by atoms with Crippen LogP contribution in [0, 0.1) is 6.92 Å². The molecule has 0 aliphatic carbocycles. The number of aromatic nitrogens is 3. The van der Waals surface area contributed by atoms with Crippen molar-refractivity contribution in [2.45, 2.75) is 13.5 Å². The van der Waals surface area contributed by atoms with Gasteiger partial charge in [-0.1, -0.05) is 42.0 Å². The van der Waals surface area contributed by atoms with Crippen LogP contribution in [0.2, 0.25) is 0 Å². The molecular formula is C23H20N4O2. The van der Waals surface area contributed by atoms with Gasteiger partial charge in [0.05, 0.1) is 11.9 Å². The third-order valence-corrected chi connectivity index (χ3v) is 4.59. The molecule has 0 saturated carbocycles. The molecule has 29 heavy (non-hydrogen) atoms. The first-order valence-corrected chi connectivity index (χ1v) is 9.28. The Labute approximate surface area is 167 Å². The Morgan fingerprint density at radius 3 is 2.66 bits per heavy atom. The average Bonchev–Trinajstić information content (AvgIpc) is 3.22. The maximum Gasteiger partial charge on any atom is 0.261 e. The van der Waals surface area contributed by atoms with Crippen LogP contribution in [0.3, 0.4) is 0 Å². The van der Waals surface area contributed by atoms with Gasteiger partial charge in [-0.2, -0.15) is 5.10 Å². The van der Waals surface area contributed by atoms with Crippen molar-refractivity contribution >= 4 is 5.91 Å². The van der Waals surface area contributed by atoms with Gasteiger partial charge in [0, 0.05) is 24.0 Å². The minimum absolute atomic E-state index is 0.0804. The molecule has 4 aromatic rings. The Morgan fingerprint density at radius 1 is 1.07 bits per heavy atom. The number of pyridine rings is 1. The Bertz CT molecular complexity index is 1210. The van der Waals surface area contributed by atoms with E-state index < -0.39 is 11.5 Å². The van der Waals surface area contributed by atoms with Crippen LogP contribution in [0.5, 0.6) is 0 Å². The van der Waals surface area contributed by atoms with Crippen molar-refractivity contribution < 1.29 is 4.79 Å². The normalized spacial score (nSPS) is 10.7. The largest absolute Gasteiger partial charge is 0.348 e. The number of nitrogens with zero attached hydrogens (tertiary/aromatic N) is 2. The lowest BCUT2D eigenvalue weighted by Crippen LogP contribution is -2.29. The van der Waals surface area contributed by atoms with Crippen LogP contribution in [-0.4, -0.2) is 20.7 Å². The summed E-state index contributed by atoms with van der Waals surface area (Å²) in [5.41, 5.74) is 4.13. The summed E-state index contributed by atoms with van der Waals surface area (Å²) in [6.45, 7) is 2.27. The summed E-state index contributed by atoms with van der Waals surface area (Å²) >= 11 is 0. The highest BCUT2D eigenvalue weighted by atomic mass is 16.2. The fourth-order valence-electron chi connectivity index (χ4n) is 3.08. The van der Waals surface area contributed by atoms with Crippen molar-refractivity contribution in [1.82, 2.24) is 20.1 Å². The SMILES string of the molecule is Cc1cccc(-c2ccc(C(=O)NCc3cnn(-c4ccccc4)c3)c(=O)[nH]2)c1. The summed E-state index contributed by atoms with van der Waals surface area (Å²) in [6.07, 6.45) is 3.54. The van der Waals surface area contributed by atoms with Crippen molar-refractivity contribution in [2.75, 3.05) is 0 Å². The number of nitrogens with one attached hydrogen (secondary N) is 2. The lowest BCUT2D eigenvalue weighted by Gasteiger charge is -2.06. The van der Waals surface area contributed by atoms with E-state index in [-0.39, 0.29) is 12.1 Å². The monoisotopic (exact) mass is 384 g/mol. The van der Waals surface area contributed by atoms with Crippen molar-refractivity contribution in [1.29, 1.82) is 0 Å². The molecule has 2 aromatic carbocycles. The molecule has 0 fully saturated rings. The zero-order chi connectivity index (χ0) is 20.2. The lowest BCUT2D eigenvalue weighted by atomic mass is 10.1. The fourth-order valence-corrected chi connectivity index (χ4v) is 3.08. The molecule has 0 aliphatic rings. The summed E-state index contributed by atoms with van der Waals surface area (Å²) in [7, 11) is 0. The zero-order valence-electron chi connectivity index (χ0n) is 15.9. The van der Waals surface area contributed by atoms with Gasteiger partial charge in [-0.05, 0) is 42.8 Å². The van der Waals surface area contributed by atoms with E-state index in [1.165, 1.54) is 0 Å². The van der Waals surface area contributed by atoms with Crippen LogP contribution in [0.1, 0.15) is 21.5 Å². The number of aromatic amines is 1. The zero-order valence-corrected chi connectivity index (χ0v) is 15.9. The molecule has 0 bridgehead atoms. The number of carbonyl (C=O) groups excluding carboxylic acids is 1. The first-order chi connectivity index (χ1) is 14.1. The molecule has 0 saturated heterocycles. The molecule has 0 aliphatic heterocycles. The molecule has 2 aromatic heterocycles. The molecule has 2 N–H and O–H groups in total. The Morgan fingerprint density at radius 2 is 1.90 bits per heavy atom. The number of benzene rings is 2. The molecule has 4 rings (SSSR count). The molecule has 144 valence electrons. The lowest BCUT2D eigenvalue weighted by molar-refractivity contribution is 0.0949. The Kier molecular flexibility index (Phi) is 5.07. The highest BCUT2D eigenvalue weighted by Crippen LogP contribution is 2.17. The number of aryl methyl sites for hydroxylation is 1. The topological polar surface area (TPSA) is 79.8 Å². The van der Waals surface area contributed by atoms with Crippen LogP contribution in [0.4, 0.5) is 0 Å². The predicted octanol–water partition coefficient (Wildman–Crippen LogP) is 3.47. The minimum atomic E-state index is -0.422. The van der Waals surface area contributed by atoms with E-state index in [4.69, 9.17) is 0 Å². The van der Waals surface area contributed by atoms with Gasteiger partial charge in [-0.15, -0.1) is 0 Å². The molecule has 0 radical (unpaired) electrons. The van der Waals surface area contributed by atoms with Crippen molar-refractivity contribution in [2.24, 2.45) is 0 Å². The van der Waals surface area contributed by atoms with E-state index in [9.17, 15) is 9.59 Å². The van der Waals surface area contributed by atoms with Crippen molar-refractivity contribution in [3.63, 3.8) is 0 Å². The quantitative estimate of drug-likeness (QED) is 0.553. The second kappa shape index (κ2) is 7.98. The number of rotatable bonds is 5. The molecular weight excluding hydrogens is 364 g/mol. The standard InChI is InChI=1S/C23H20N4O2/c1-16-6-5-7-18(12-16)21-11-10-20(23(29)26-21)22(28)24-13-17-14-25-27(15-17)19-8-3-2-4-9-19/h2-12,14-15H,13H2,1H3,(H,24,28)(H,26,29). The molecule has 0 spiro atoms. The van der Waals surface area contributed by atoms with Crippen LogP contribution in [-0.2, 0) is 6.54 Å². The molecule has 2 heterocycles. The van der Waals surface area contributed by atoms with Gasteiger partial charge in [-0.3, -0.25) is 9.59 Å². The van der Waals surface area contributed by atoms with Gasteiger partial charge in [-0.25, -0.2) is 4.68 Å². The van der Waals surface area contributed by atoms with E-state index in [2.05, 4.69) is 15.4 Å². The first kappa shape index (κ1) is 18.4. The molecule has 0 unspecified atom stereocenters. The summed E-state index contributed by atoms with van der Waals surface area (Å²) in [5.74, 6) is -0.422. The summed E-state index contributed by atoms with van der Waals surface area (Å²) in [5, 5.41) is 7.08. The van der Waals surface area contributed by atoms with Crippen LogP contribution in [0.15, 0.2) is 83.9 Å². The smallest absolute Gasteiger partial charge is 0.261 e. The van der Waals surface area contributed by atoms with Gasteiger partial charge >= 0.3 is 0 Å². The molecule has 1 amide bonds. The number of hydrogen-bond acceptors (Lipinski definition) is 3. The van der Waals surface area contributed by atoms with E-state index in [0.717, 1.165) is 22.4 Å². The van der Waals surface area contributed by atoms with Crippen LogP contribution >= 0.6 is 0 Å². The Hall–Kier alpha value is -3.93. The second-order valence-electron chi connectivity index (χ2n) is 6.80. The summed E-state index contributed by atoms with van der Waals surface area (Å²) in [4.78, 5) is 27.7. The average molecular weight is 384 g/mol. The van der Waals surface area contributed by atoms with E-state index >= 15 is 0 Å². The van der Waals surface area contributed by atoms with Gasteiger partial charge < -0.3 is 10.3 Å². The van der Waals surface area contributed by atoms with Gasteiger partial charge in [0.15, 0.2) is 0 Å². The van der Waals surface area contributed by atoms with E-state index in [1.807, 2.05) is 67.7 Å². The second-order valence-corrected chi connectivity index (χ2v) is 6.80. The maximum absolute atomic E-state index is 12.5. The fraction of sp³-hybridized carbons (Fsp3) is 0.0870. The van der Waals surface area contributed by atoms with Crippen molar-refractivity contribution in [3.05, 3.63) is 106 Å². The van der Waals surface area contributed by atoms with Gasteiger partial charge in [0.25, 0.3) is 11.5 Å². The van der Waals surface area contributed by atoms with Crippen LogP contribution < -0.4 is 10.9 Å². The highest BCUT2D eigenvalue weighted by molar-refractivity contribution is 5.94. The number of para-hydroxylation sites is 1. The van der Waals surface area contributed by atoms with Crippen LogP contribution in [0.25, 0.3) is 16.9 Å². The number of carbonyl (C=O) groups is 1. The third kappa shape index (κ3) is 4.16. The highest BCUT2D eigenvalue weighted by Gasteiger charge is 2.12. The number of H-pyrrole nitrogens is 1. The Balaban J connectivity index is 1.45. The van der Waals surface area contributed by atoms with Gasteiger partial charge in [0.2, 0.25) is 0 Å². The van der Waals surface area contributed by atoms with E-state index in [0.29, 0.717) is 5.69 Å². The van der Waals surface area contributed by atoms with Gasteiger partial charge in [0.1, 0.15) is 5.56 Å². The minimum Gasteiger partial charge on any atom is -0.348 e.